The van der Waals surface area contributed by atoms with Crippen molar-refractivity contribution in [2.24, 2.45) is 0 Å². The van der Waals surface area contributed by atoms with Crippen LogP contribution >= 0.6 is 15.9 Å². The molecule has 2 aromatic heterocycles. The number of pyridine rings is 1. The largest absolute Gasteiger partial charge is 0.458 e. The van der Waals surface area contributed by atoms with E-state index in [1.165, 1.54) is 0 Å². The zero-order chi connectivity index (χ0) is 14.7. The highest BCUT2D eigenvalue weighted by Crippen LogP contribution is 2.17. The van der Waals surface area contributed by atoms with Crippen molar-refractivity contribution in [2.45, 2.75) is 12.5 Å². The summed E-state index contributed by atoms with van der Waals surface area (Å²) in [6, 6.07) is 3.85. The number of hydrogen-bond acceptors (Lipinski definition) is 5. The van der Waals surface area contributed by atoms with Crippen molar-refractivity contribution >= 4 is 21.8 Å². The molecule has 3 rings (SSSR count). The molecule has 1 aliphatic heterocycles. The average molecular weight is 349 g/mol. The van der Waals surface area contributed by atoms with E-state index in [0.717, 1.165) is 10.9 Å². The van der Waals surface area contributed by atoms with Gasteiger partial charge in [-0.05, 0) is 28.1 Å². The van der Waals surface area contributed by atoms with E-state index in [0.29, 0.717) is 24.7 Å². The first-order valence-electron chi connectivity index (χ1n) is 6.56. The topological polar surface area (TPSA) is 68.2 Å². The molecule has 1 amide bonds. The van der Waals surface area contributed by atoms with E-state index in [1.807, 2.05) is 0 Å². The minimum atomic E-state index is -0.0770. The van der Waals surface area contributed by atoms with Crippen LogP contribution in [0, 0.1) is 0 Å². The van der Waals surface area contributed by atoms with Gasteiger partial charge < -0.3 is 9.64 Å². The Bertz CT molecular complexity index is 621. The summed E-state index contributed by atoms with van der Waals surface area (Å²) >= 11 is 3.27. The quantitative estimate of drug-likeness (QED) is 0.847. The summed E-state index contributed by atoms with van der Waals surface area (Å²) < 4.78 is 6.49. The van der Waals surface area contributed by atoms with Crippen molar-refractivity contribution in [3.05, 3.63) is 47.0 Å². The van der Waals surface area contributed by atoms with Gasteiger partial charge in [0.05, 0.1) is 16.6 Å². The Balaban J connectivity index is 1.60. The van der Waals surface area contributed by atoms with Crippen LogP contribution in [-0.2, 0) is 0 Å². The molecule has 1 saturated heterocycles. The molecule has 108 valence electrons. The molecule has 0 spiro atoms. The van der Waals surface area contributed by atoms with Gasteiger partial charge in [0.25, 0.3) is 5.91 Å². The van der Waals surface area contributed by atoms with Crippen LogP contribution in [0.1, 0.15) is 16.8 Å². The van der Waals surface area contributed by atoms with Crippen molar-refractivity contribution in [1.29, 1.82) is 0 Å². The van der Waals surface area contributed by atoms with Crippen LogP contribution in [0.4, 0.5) is 0 Å². The van der Waals surface area contributed by atoms with E-state index in [2.05, 4.69) is 30.9 Å². The second-order valence-electron chi connectivity index (χ2n) is 4.71. The lowest BCUT2D eigenvalue weighted by Gasteiger charge is -2.16. The highest BCUT2D eigenvalue weighted by atomic mass is 79.9. The van der Waals surface area contributed by atoms with Crippen LogP contribution < -0.4 is 4.74 Å². The van der Waals surface area contributed by atoms with Crippen LogP contribution in [0.2, 0.25) is 0 Å². The molecule has 7 heteroatoms. The third kappa shape index (κ3) is 3.36. The van der Waals surface area contributed by atoms with Gasteiger partial charge in [0, 0.05) is 37.8 Å². The van der Waals surface area contributed by atoms with E-state index >= 15 is 0 Å². The van der Waals surface area contributed by atoms with Gasteiger partial charge in [0.1, 0.15) is 6.10 Å². The van der Waals surface area contributed by atoms with Gasteiger partial charge in [-0.15, -0.1) is 0 Å². The fourth-order valence-electron chi connectivity index (χ4n) is 2.19. The average Bonchev–Trinajstić information content (AvgIpc) is 2.98. The Kier molecular flexibility index (Phi) is 4.10. The zero-order valence-electron chi connectivity index (χ0n) is 11.1. The van der Waals surface area contributed by atoms with Gasteiger partial charge >= 0.3 is 6.01 Å². The van der Waals surface area contributed by atoms with Gasteiger partial charge in [-0.1, -0.05) is 0 Å². The zero-order valence-corrected chi connectivity index (χ0v) is 12.7. The first kappa shape index (κ1) is 13.9. The SMILES string of the molecule is O=C(c1cccnc1)N1CCC(Oc2ncc(Br)cn2)C1. The van der Waals surface area contributed by atoms with Crippen molar-refractivity contribution in [2.75, 3.05) is 13.1 Å². The number of aromatic nitrogens is 3. The van der Waals surface area contributed by atoms with E-state index in [4.69, 9.17) is 4.74 Å². The lowest BCUT2D eigenvalue weighted by Crippen LogP contribution is -2.31. The molecule has 0 radical (unpaired) electrons. The number of rotatable bonds is 3. The van der Waals surface area contributed by atoms with Crippen LogP contribution in [0.3, 0.4) is 0 Å². The van der Waals surface area contributed by atoms with Gasteiger partial charge in [-0.3, -0.25) is 9.78 Å². The van der Waals surface area contributed by atoms with Crippen molar-refractivity contribution < 1.29 is 9.53 Å². The first-order chi connectivity index (χ1) is 10.2. The summed E-state index contributed by atoms with van der Waals surface area (Å²) in [5, 5.41) is 0. The Morgan fingerprint density at radius 2 is 2.14 bits per heavy atom. The predicted molar refractivity (Wildman–Crippen MR) is 78.9 cm³/mol. The second kappa shape index (κ2) is 6.17. The normalized spacial score (nSPS) is 17.8. The summed E-state index contributed by atoms with van der Waals surface area (Å²) in [6.45, 7) is 1.20. The standard InChI is InChI=1S/C14H13BrN4O2/c15-11-7-17-14(18-8-11)21-12-3-5-19(9-12)13(20)10-2-1-4-16-6-10/h1-2,4,6-8,12H,3,5,9H2. The maximum atomic E-state index is 12.3. The molecule has 2 aromatic rings. The summed E-state index contributed by atoms with van der Waals surface area (Å²) in [5.41, 5.74) is 0.595. The Labute approximate surface area is 130 Å². The van der Waals surface area contributed by atoms with E-state index in [-0.39, 0.29) is 12.0 Å². The minimum Gasteiger partial charge on any atom is -0.458 e. The molecule has 1 aliphatic rings. The van der Waals surface area contributed by atoms with Gasteiger partial charge in [-0.25, -0.2) is 9.97 Å². The summed E-state index contributed by atoms with van der Waals surface area (Å²) in [4.78, 5) is 26.2. The lowest BCUT2D eigenvalue weighted by atomic mass is 10.2. The fraction of sp³-hybridized carbons (Fsp3) is 0.286. The number of halogens is 1. The number of ether oxygens (including phenoxy) is 1. The number of amides is 1. The number of likely N-dealkylation sites (tertiary alicyclic amines) is 1. The molecule has 1 unspecified atom stereocenters. The van der Waals surface area contributed by atoms with Crippen LogP contribution in [0.5, 0.6) is 6.01 Å². The molecule has 0 N–H and O–H groups in total. The molecule has 6 nitrogen and oxygen atoms in total. The van der Waals surface area contributed by atoms with Gasteiger partial charge in [0.15, 0.2) is 0 Å². The maximum Gasteiger partial charge on any atom is 0.316 e. The minimum absolute atomic E-state index is 0.0223. The van der Waals surface area contributed by atoms with Crippen LogP contribution in [0.15, 0.2) is 41.4 Å². The van der Waals surface area contributed by atoms with E-state index in [9.17, 15) is 4.79 Å². The molecular weight excluding hydrogens is 336 g/mol. The molecule has 1 fully saturated rings. The summed E-state index contributed by atoms with van der Waals surface area (Å²) in [7, 11) is 0. The predicted octanol–water partition coefficient (Wildman–Crippen LogP) is 1.93. The number of nitrogens with zero attached hydrogens (tertiary/aromatic N) is 4. The molecular formula is C14H13BrN4O2. The number of carbonyl (C=O) groups is 1. The van der Waals surface area contributed by atoms with Crippen molar-refractivity contribution in [3.63, 3.8) is 0 Å². The first-order valence-corrected chi connectivity index (χ1v) is 7.35. The van der Waals surface area contributed by atoms with Crippen molar-refractivity contribution in [3.8, 4) is 6.01 Å². The number of carbonyl (C=O) groups excluding carboxylic acids is 1. The Morgan fingerprint density at radius 1 is 1.33 bits per heavy atom. The molecule has 0 bridgehead atoms. The van der Waals surface area contributed by atoms with Crippen LogP contribution in [-0.4, -0.2) is 45.0 Å². The lowest BCUT2D eigenvalue weighted by molar-refractivity contribution is 0.0769. The highest BCUT2D eigenvalue weighted by Gasteiger charge is 2.28. The molecule has 1 atom stereocenters. The fourth-order valence-corrected chi connectivity index (χ4v) is 2.40. The Hall–Kier alpha value is -2.02. The highest BCUT2D eigenvalue weighted by molar-refractivity contribution is 9.10. The third-order valence-electron chi connectivity index (χ3n) is 3.21. The smallest absolute Gasteiger partial charge is 0.316 e. The van der Waals surface area contributed by atoms with E-state index in [1.54, 1.807) is 41.8 Å². The van der Waals surface area contributed by atoms with Gasteiger partial charge in [0.2, 0.25) is 0 Å². The van der Waals surface area contributed by atoms with Gasteiger partial charge in [-0.2, -0.15) is 0 Å². The second-order valence-corrected chi connectivity index (χ2v) is 5.62. The molecule has 0 saturated carbocycles. The third-order valence-corrected chi connectivity index (χ3v) is 3.62. The molecule has 3 heterocycles. The van der Waals surface area contributed by atoms with Crippen LogP contribution in [0.25, 0.3) is 0 Å². The Morgan fingerprint density at radius 3 is 2.86 bits per heavy atom. The maximum absolute atomic E-state index is 12.3. The molecule has 0 aliphatic carbocycles. The van der Waals surface area contributed by atoms with Crippen molar-refractivity contribution in [1.82, 2.24) is 19.9 Å². The molecule has 0 aromatic carbocycles. The summed E-state index contributed by atoms with van der Waals surface area (Å²) in [6.07, 6.45) is 7.19. The molecule has 21 heavy (non-hydrogen) atoms. The number of hydrogen-bond donors (Lipinski definition) is 0. The monoisotopic (exact) mass is 348 g/mol. The van der Waals surface area contributed by atoms with E-state index < -0.39 is 0 Å². The summed E-state index contributed by atoms with van der Waals surface area (Å²) in [5.74, 6) is -0.0223.